The number of aryl methyl sites for hydroxylation is 1. The lowest BCUT2D eigenvalue weighted by Gasteiger charge is -2.25. The van der Waals surface area contributed by atoms with E-state index in [-0.39, 0.29) is 6.10 Å². The van der Waals surface area contributed by atoms with Crippen LogP contribution in [0.2, 0.25) is 0 Å². The fraction of sp³-hybridized carbons (Fsp3) is 0.750. The molecule has 3 rings (SSSR count). The van der Waals surface area contributed by atoms with Crippen LogP contribution in [0.15, 0.2) is 11.4 Å². The number of aliphatic hydroxyl groups excluding tert-OH is 1. The van der Waals surface area contributed by atoms with Crippen LogP contribution in [0.3, 0.4) is 0 Å². The molecule has 0 radical (unpaired) electrons. The zero-order chi connectivity index (χ0) is 13.8. The van der Waals surface area contributed by atoms with E-state index in [9.17, 15) is 5.11 Å². The van der Waals surface area contributed by atoms with E-state index >= 15 is 0 Å². The molecule has 1 aromatic rings. The topological polar surface area (TPSA) is 41.5 Å². The first kappa shape index (κ1) is 14.5. The molecule has 1 heterocycles. The van der Waals surface area contributed by atoms with Gasteiger partial charge in [0.15, 0.2) is 0 Å². The van der Waals surface area contributed by atoms with Gasteiger partial charge in [0.1, 0.15) is 0 Å². The van der Waals surface area contributed by atoms with Crippen molar-refractivity contribution >= 4 is 11.3 Å². The summed E-state index contributed by atoms with van der Waals surface area (Å²) in [6, 6.07) is 2.66. The smallest absolute Gasteiger partial charge is 0.0898 e. The van der Waals surface area contributed by atoms with Crippen LogP contribution in [0.25, 0.3) is 0 Å². The number of rotatable bonds is 6. The highest BCUT2D eigenvalue weighted by molar-refractivity contribution is 7.10. The number of fused-ring (bicyclic) bond motifs is 1. The Kier molecular flexibility index (Phi) is 5.10. The highest BCUT2D eigenvalue weighted by Gasteiger charge is 2.22. The zero-order valence-corrected chi connectivity index (χ0v) is 12.8. The van der Waals surface area contributed by atoms with E-state index in [0.717, 1.165) is 0 Å². The average Bonchev–Trinajstić information content (AvgIpc) is 3.13. The fourth-order valence-corrected chi connectivity index (χ4v) is 4.33. The van der Waals surface area contributed by atoms with Gasteiger partial charge in [-0.05, 0) is 49.1 Å². The van der Waals surface area contributed by atoms with Crippen LogP contribution in [0.1, 0.15) is 55.0 Å². The molecule has 0 spiro atoms. The van der Waals surface area contributed by atoms with Gasteiger partial charge in [0.25, 0.3) is 0 Å². The Hall–Kier alpha value is -0.420. The SMILES string of the molecule is OC(CNC1CCCc2sccc21)COC1CCCC1. The van der Waals surface area contributed by atoms with Gasteiger partial charge in [-0.1, -0.05) is 12.8 Å². The summed E-state index contributed by atoms with van der Waals surface area (Å²) in [5.41, 5.74) is 1.45. The summed E-state index contributed by atoms with van der Waals surface area (Å²) in [6.07, 6.45) is 8.55. The number of nitrogens with one attached hydrogen (secondary N) is 1. The summed E-state index contributed by atoms with van der Waals surface area (Å²) >= 11 is 1.86. The Labute approximate surface area is 125 Å². The third-order valence-electron chi connectivity index (χ3n) is 4.48. The molecule has 20 heavy (non-hydrogen) atoms. The van der Waals surface area contributed by atoms with Crippen molar-refractivity contribution in [3.05, 3.63) is 21.9 Å². The molecule has 0 bridgehead atoms. The van der Waals surface area contributed by atoms with Gasteiger partial charge in [-0.3, -0.25) is 0 Å². The molecule has 1 saturated carbocycles. The quantitative estimate of drug-likeness (QED) is 0.847. The van der Waals surface area contributed by atoms with Crippen LogP contribution in [0.4, 0.5) is 0 Å². The Morgan fingerprint density at radius 3 is 3.00 bits per heavy atom. The number of thiophene rings is 1. The lowest BCUT2D eigenvalue weighted by Crippen LogP contribution is -2.35. The second-order valence-electron chi connectivity index (χ2n) is 6.05. The Balaban J connectivity index is 1.41. The number of hydrogen-bond acceptors (Lipinski definition) is 4. The molecular weight excluding hydrogens is 270 g/mol. The number of hydrogen-bond donors (Lipinski definition) is 2. The van der Waals surface area contributed by atoms with Crippen LogP contribution >= 0.6 is 11.3 Å². The maximum Gasteiger partial charge on any atom is 0.0898 e. The van der Waals surface area contributed by atoms with Crippen molar-refractivity contribution in [2.75, 3.05) is 13.2 Å². The van der Waals surface area contributed by atoms with Gasteiger partial charge in [-0.2, -0.15) is 0 Å². The van der Waals surface area contributed by atoms with Crippen molar-refractivity contribution in [2.45, 2.75) is 63.2 Å². The van der Waals surface area contributed by atoms with E-state index in [2.05, 4.69) is 16.8 Å². The third kappa shape index (κ3) is 3.61. The van der Waals surface area contributed by atoms with E-state index < -0.39 is 0 Å². The molecular formula is C16H25NO2S. The first-order valence-electron chi connectivity index (χ1n) is 7.92. The van der Waals surface area contributed by atoms with Gasteiger partial charge in [-0.25, -0.2) is 0 Å². The molecule has 2 unspecified atom stereocenters. The minimum absolute atomic E-state index is 0.389. The lowest BCUT2D eigenvalue weighted by molar-refractivity contribution is -0.00640. The monoisotopic (exact) mass is 295 g/mol. The van der Waals surface area contributed by atoms with Crippen LogP contribution < -0.4 is 5.32 Å². The lowest BCUT2D eigenvalue weighted by atomic mass is 9.94. The predicted molar refractivity (Wildman–Crippen MR) is 82.2 cm³/mol. The normalized spacial score (nSPS) is 24.8. The summed E-state index contributed by atoms with van der Waals surface area (Å²) in [4.78, 5) is 1.52. The molecule has 2 N–H and O–H groups in total. The average molecular weight is 295 g/mol. The predicted octanol–water partition coefficient (Wildman–Crippen LogP) is 3.04. The Bertz CT molecular complexity index is 414. The minimum Gasteiger partial charge on any atom is -0.389 e. The number of aliphatic hydroxyl groups is 1. The summed E-state index contributed by atoms with van der Waals surface area (Å²) in [5.74, 6) is 0. The van der Waals surface area contributed by atoms with Gasteiger partial charge < -0.3 is 15.2 Å². The van der Waals surface area contributed by atoms with Crippen LogP contribution in [0.5, 0.6) is 0 Å². The fourth-order valence-electron chi connectivity index (χ4n) is 3.34. The van der Waals surface area contributed by atoms with Crippen LogP contribution in [-0.2, 0) is 11.2 Å². The molecule has 0 aromatic carbocycles. The van der Waals surface area contributed by atoms with Crippen molar-refractivity contribution in [2.24, 2.45) is 0 Å². The standard InChI is InChI=1S/C16H25NO2S/c18-12(11-19-13-4-1-2-5-13)10-17-15-6-3-7-16-14(15)8-9-20-16/h8-9,12-13,15,17-18H,1-7,10-11H2. The molecule has 112 valence electrons. The molecule has 0 saturated heterocycles. The molecule has 2 aliphatic rings. The van der Waals surface area contributed by atoms with Gasteiger partial charge in [-0.15, -0.1) is 11.3 Å². The van der Waals surface area contributed by atoms with Crippen molar-refractivity contribution in [3.63, 3.8) is 0 Å². The number of ether oxygens (including phenoxy) is 1. The second kappa shape index (κ2) is 7.03. The summed E-state index contributed by atoms with van der Waals surface area (Å²) in [6.45, 7) is 1.10. The van der Waals surface area contributed by atoms with Gasteiger partial charge >= 0.3 is 0 Å². The minimum atomic E-state index is -0.389. The molecule has 1 fully saturated rings. The van der Waals surface area contributed by atoms with Crippen molar-refractivity contribution in [3.8, 4) is 0 Å². The molecule has 2 atom stereocenters. The largest absolute Gasteiger partial charge is 0.389 e. The molecule has 0 amide bonds. The van der Waals surface area contributed by atoms with E-state index in [0.29, 0.717) is 25.3 Å². The molecule has 0 aliphatic heterocycles. The summed E-state index contributed by atoms with van der Waals surface area (Å²) < 4.78 is 5.77. The molecule has 3 nitrogen and oxygen atoms in total. The highest BCUT2D eigenvalue weighted by atomic mass is 32.1. The van der Waals surface area contributed by atoms with Crippen molar-refractivity contribution in [1.82, 2.24) is 5.32 Å². The molecule has 1 aromatic heterocycles. The highest BCUT2D eigenvalue weighted by Crippen LogP contribution is 2.33. The molecule has 2 aliphatic carbocycles. The van der Waals surface area contributed by atoms with Crippen LogP contribution in [-0.4, -0.2) is 30.5 Å². The van der Waals surface area contributed by atoms with E-state index in [1.807, 2.05) is 11.3 Å². The summed E-state index contributed by atoms with van der Waals surface area (Å²) in [5, 5.41) is 15.8. The molecule has 4 heteroatoms. The van der Waals surface area contributed by atoms with E-state index in [4.69, 9.17) is 4.74 Å². The maximum absolute atomic E-state index is 10.1. The van der Waals surface area contributed by atoms with Gasteiger partial charge in [0.2, 0.25) is 0 Å². The zero-order valence-electron chi connectivity index (χ0n) is 12.0. The summed E-state index contributed by atoms with van der Waals surface area (Å²) in [7, 11) is 0. The van der Waals surface area contributed by atoms with E-state index in [1.54, 1.807) is 0 Å². The Morgan fingerprint density at radius 2 is 2.15 bits per heavy atom. The Morgan fingerprint density at radius 1 is 1.30 bits per heavy atom. The van der Waals surface area contributed by atoms with Gasteiger partial charge in [0, 0.05) is 17.5 Å². The van der Waals surface area contributed by atoms with Crippen molar-refractivity contribution in [1.29, 1.82) is 0 Å². The van der Waals surface area contributed by atoms with Gasteiger partial charge in [0.05, 0.1) is 18.8 Å². The maximum atomic E-state index is 10.1. The van der Waals surface area contributed by atoms with E-state index in [1.165, 1.54) is 55.4 Å². The first-order valence-corrected chi connectivity index (χ1v) is 8.80. The van der Waals surface area contributed by atoms with Crippen LogP contribution in [0, 0.1) is 0 Å². The first-order chi connectivity index (χ1) is 9.83. The second-order valence-corrected chi connectivity index (χ2v) is 7.05. The van der Waals surface area contributed by atoms with Crippen molar-refractivity contribution < 1.29 is 9.84 Å². The third-order valence-corrected chi connectivity index (χ3v) is 5.47.